The van der Waals surface area contributed by atoms with Crippen LogP contribution in [0.1, 0.15) is 24.0 Å². The third-order valence-corrected chi connectivity index (χ3v) is 4.68. The Balaban J connectivity index is 1.76. The van der Waals surface area contributed by atoms with Crippen molar-refractivity contribution in [1.29, 1.82) is 0 Å². The molecule has 152 valence electrons. The monoisotopic (exact) mass is 400 g/mol. The van der Waals surface area contributed by atoms with E-state index in [0.717, 1.165) is 30.5 Å². The fourth-order valence-corrected chi connectivity index (χ4v) is 3.19. The number of rotatable bonds is 7. The highest BCUT2D eigenvalue weighted by Gasteiger charge is 2.38. The molecule has 3 rings (SSSR count). The van der Waals surface area contributed by atoms with Crippen molar-refractivity contribution in [3.63, 3.8) is 0 Å². The minimum absolute atomic E-state index is 0.0971. The average molecular weight is 400 g/mol. The number of hydrogen-bond acceptors (Lipinski definition) is 4. The van der Waals surface area contributed by atoms with Gasteiger partial charge in [-0.05, 0) is 36.1 Å². The van der Waals surface area contributed by atoms with Gasteiger partial charge in [-0.2, -0.15) is 13.2 Å². The predicted molar refractivity (Wildman–Crippen MR) is 92.2 cm³/mol. The third kappa shape index (κ3) is 4.30. The summed E-state index contributed by atoms with van der Waals surface area (Å²) in [5.74, 6) is -0.259. The summed E-state index contributed by atoms with van der Waals surface area (Å²) in [5, 5.41) is 0. The fraction of sp³-hybridized carbons (Fsp3) is 0.421. The Bertz CT molecular complexity index is 805. The Kier molecular flexibility index (Phi) is 5.93. The molecule has 1 aliphatic heterocycles. The molecule has 9 heteroatoms. The Labute approximate surface area is 159 Å². The molecule has 0 saturated heterocycles. The van der Waals surface area contributed by atoms with Gasteiger partial charge in [0.1, 0.15) is 25.6 Å². The van der Waals surface area contributed by atoms with Crippen LogP contribution in [0.4, 0.5) is 17.6 Å². The number of fused-ring (bicyclic) bond motifs is 1. The van der Waals surface area contributed by atoms with E-state index in [0.29, 0.717) is 11.3 Å². The molecule has 1 amide bonds. The van der Waals surface area contributed by atoms with Crippen molar-refractivity contribution in [2.75, 3.05) is 20.3 Å². The zero-order valence-corrected chi connectivity index (χ0v) is 15.2. The van der Waals surface area contributed by atoms with Crippen LogP contribution >= 0.6 is 0 Å². The van der Waals surface area contributed by atoms with Crippen molar-refractivity contribution in [1.82, 2.24) is 10.4 Å². The van der Waals surface area contributed by atoms with Crippen LogP contribution in [0, 0.1) is 0 Å². The van der Waals surface area contributed by atoms with Gasteiger partial charge in [0.2, 0.25) is 0 Å². The highest BCUT2D eigenvalue weighted by atomic mass is 19.4. The highest BCUT2D eigenvalue weighted by Crippen LogP contribution is 2.40. The summed E-state index contributed by atoms with van der Waals surface area (Å²) >= 11 is 0. The molecule has 5 nitrogen and oxygen atoms in total. The lowest BCUT2D eigenvalue weighted by atomic mass is 9.80. The topological polar surface area (TPSA) is 50.8 Å². The number of hydroxylamine groups is 1. The SMILES string of the molecule is CN1C=C(C(=O)NOCCF)C(OCc2cccc(C(F)(F)F)c2)=C2CCC21. The second-order valence-electron chi connectivity index (χ2n) is 6.57. The molecule has 1 atom stereocenters. The van der Waals surface area contributed by atoms with Crippen molar-refractivity contribution in [2.45, 2.75) is 31.7 Å². The molecule has 1 saturated carbocycles. The quantitative estimate of drug-likeness (QED) is 0.433. The zero-order valence-electron chi connectivity index (χ0n) is 15.2. The lowest BCUT2D eigenvalue weighted by molar-refractivity contribution is -0.137. The van der Waals surface area contributed by atoms with Crippen LogP contribution in [-0.2, 0) is 27.2 Å². The second kappa shape index (κ2) is 8.22. The summed E-state index contributed by atoms with van der Waals surface area (Å²) in [4.78, 5) is 19.0. The van der Waals surface area contributed by atoms with Crippen LogP contribution in [-0.4, -0.2) is 37.2 Å². The van der Waals surface area contributed by atoms with Gasteiger partial charge in [-0.25, -0.2) is 9.87 Å². The van der Waals surface area contributed by atoms with Crippen molar-refractivity contribution < 1.29 is 31.9 Å². The number of ether oxygens (including phenoxy) is 1. The van der Waals surface area contributed by atoms with Crippen LogP contribution in [0.3, 0.4) is 0 Å². The number of nitrogens with one attached hydrogen (secondary N) is 1. The number of halogens is 4. The zero-order chi connectivity index (χ0) is 20.3. The van der Waals surface area contributed by atoms with Gasteiger partial charge in [-0.3, -0.25) is 9.63 Å². The molecule has 1 fully saturated rings. The molecule has 0 spiro atoms. The van der Waals surface area contributed by atoms with Crippen molar-refractivity contribution in [2.24, 2.45) is 0 Å². The van der Waals surface area contributed by atoms with E-state index < -0.39 is 24.3 Å². The Hall–Kier alpha value is -2.55. The van der Waals surface area contributed by atoms with Crippen molar-refractivity contribution >= 4 is 5.91 Å². The van der Waals surface area contributed by atoms with Crippen LogP contribution in [0.25, 0.3) is 0 Å². The number of hydrogen-bond donors (Lipinski definition) is 1. The number of carbonyl (C=O) groups excluding carboxylic acids is 1. The highest BCUT2D eigenvalue weighted by molar-refractivity contribution is 5.97. The van der Waals surface area contributed by atoms with Gasteiger partial charge in [0.25, 0.3) is 5.91 Å². The standard InChI is InChI=1S/C19H20F4N2O3/c1-25-10-15(18(26)24-28-8-7-20)17(14-5-6-16(14)25)27-11-12-3-2-4-13(9-12)19(21,22)23/h2-4,9-10,16H,5-8,11H2,1H3,(H,24,26). The number of nitrogens with zero attached hydrogens (tertiary/aromatic N) is 1. The van der Waals surface area contributed by atoms with Gasteiger partial charge in [0.05, 0.1) is 17.2 Å². The Morgan fingerprint density at radius 2 is 2.14 bits per heavy atom. The molecule has 1 aromatic rings. The lowest BCUT2D eigenvalue weighted by Gasteiger charge is -2.42. The molecule has 1 aliphatic carbocycles. The molecule has 0 aromatic heterocycles. The summed E-state index contributed by atoms with van der Waals surface area (Å²) < 4.78 is 56.6. The number of amides is 1. The molecule has 28 heavy (non-hydrogen) atoms. The maximum atomic E-state index is 12.9. The minimum Gasteiger partial charge on any atom is -0.488 e. The fourth-order valence-electron chi connectivity index (χ4n) is 3.19. The molecule has 0 radical (unpaired) electrons. The summed E-state index contributed by atoms with van der Waals surface area (Å²) in [6, 6.07) is 4.95. The summed E-state index contributed by atoms with van der Waals surface area (Å²) in [6.45, 7) is -1.15. The number of benzene rings is 1. The molecule has 2 aliphatic rings. The summed E-state index contributed by atoms with van der Waals surface area (Å²) in [7, 11) is 1.82. The van der Waals surface area contributed by atoms with E-state index in [1.165, 1.54) is 12.1 Å². The number of likely N-dealkylation sites (N-methyl/N-ethyl adjacent to an activating group) is 1. The van der Waals surface area contributed by atoms with Crippen LogP contribution in [0.5, 0.6) is 0 Å². The molecule has 1 heterocycles. The Morgan fingerprint density at radius 1 is 1.36 bits per heavy atom. The van der Waals surface area contributed by atoms with Gasteiger partial charge in [0, 0.05) is 13.2 Å². The van der Waals surface area contributed by atoms with Gasteiger partial charge in [0.15, 0.2) is 0 Å². The first-order valence-corrected chi connectivity index (χ1v) is 8.75. The maximum Gasteiger partial charge on any atom is 0.416 e. The van der Waals surface area contributed by atoms with E-state index >= 15 is 0 Å². The first-order chi connectivity index (χ1) is 13.3. The van der Waals surface area contributed by atoms with Gasteiger partial charge in [-0.1, -0.05) is 12.1 Å². The van der Waals surface area contributed by atoms with Crippen LogP contribution in [0.2, 0.25) is 0 Å². The largest absolute Gasteiger partial charge is 0.488 e. The van der Waals surface area contributed by atoms with Crippen LogP contribution in [0.15, 0.2) is 47.4 Å². The molecule has 1 unspecified atom stereocenters. The lowest BCUT2D eigenvalue weighted by Crippen LogP contribution is -2.42. The number of carbonyl (C=O) groups is 1. The summed E-state index contributed by atoms with van der Waals surface area (Å²) in [5.41, 5.74) is 2.84. The molecular formula is C19H20F4N2O3. The van der Waals surface area contributed by atoms with Crippen molar-refractivity contribution in [3.05, 3.63) is 58.5 Å². The maximum absolute atomic E-state index is 12.9. The van der Waals surface area contributed by atoms with E-state index in [-0.39, 0.29) is 24.8 Å². The molecule has 1 aromatic carbocycles. The first kappa shape index (κ1) is 20.2. The smallest absolute Gasteiger partial charge is 0.416 e. The molecular weight excluding hydrogens is 380 g/mol. The molecule has 0 bridgehead atoms. The Morgan fingerprint density at radius 3 is 2.79 bits per heavy atom. The van der Waals surface area contributed by atoms with Gasteiger partial charge >= 0.3 is 6.18 Å². The van der Waals surface area contributed by atoms with E-state index in [9.17, 15) is 22.4 Å². The van der Waals surface area contributed by atoms with Gasteiger partial charge < -0.3 is 9.64 Å². The van der Waals surface area contributed by atoms with E-state index in [4.69, 9.17) is 9.57 Å². The third-order valence-electron chi connectivity index (χ3n) is 4.68. The average Bonchev–Trinajstić information content (AvgIpc) is 2.61. The number of alkyl halides is 4. The van der Waals surface area contributed by atoms with Crippen LogP contribution < -0.4 is 5.48 Å². The van der Waals surface area contributed by atoms with Gasteiger partial charge in [-0.15, -0.1) is 0 Å². The van der Waals surface area contributed by atoms with E-state index in [2.05, 4.69) is 5.48 Å². The van der Waals surface area contributed by atoms with E-state index in [1.54, 1.807) is 6.20 Å². The molecule has 1 N–H and O–H groups in total. The summed E-state index contributed by atoms with van der Waals surface area (Å²) in [6.07, 6.45) is -1.22. The van der Waals surface area contributed by atoms with E-state index in [1.807, 2.05) is 11.9 Å². The first-order valence-electron chi connectivity index (χ1n) is 8.75. The normalized spacial score (nSPS) is 19.0. The van der Waals surface area contributed by atoms with Crippen molar-refractivity contribution in [3.8, 4) is 0 Å². The minimum atomic E-state index is -4.44. The second-order valence-corrected chi connectivity index (χ2v) is 6.57. The predicted octanol–water partition coefficient (Wildman–Crippen LogP) is 3.49.